The smallest absolute Gasteiger partial charge is 0.244 e. The molecule has 0 bridgehead atoms. The van der Waals surface area contributed by atoms with E-state index >= 15 is 0 Å². The number of methoxy groups -OCH3 is 1. The van der Waals surface area contributed by atoms with Crippen molar-refractivity contribution in [2.24, 2.45) is 0 Å². The van der Waals surface area contributed by atoms with E-state index in [0.29, 0.717) is 0 Å². The van der Waals surface area contributed by atoms with Gasteiger partial charge < -0.3 is 4.74 Å². The number of alkyl halides is 1. The molecule has 0 fully saturated rings. The number of ether oxygens (including phenoxy) is 1. The molecule has 1 atom stereocenters. The summed E-state index contributed by atoms with van der Waals surface area (Å²) in [4.78, 5) is 14.6. The SMILES string of the molecule is COC(C)N(C(=O)CCl)c1c(C)csc1C. The minimum atomic E-state index is -0.307. The highest BCUT2D eigenvalue weighted by atomic mass is 35.5. The highest BCUT2D eigenvalue weighted by Gasteiger charge is 2.24. The summed E-state index contributed by atoms with van der Waals surface area (Å²) in [5.74, 6) is -0.178. The third-order valence-electron chi connectivity index (χ3n) is 2.45. The number of halogens is 1. The third-order valence-corrected chi connectivity index (χ3v) is 3.70. The van der Waals surface area contributed by atoms with Crippen LogP contribution >= 0.6 is 22.9 Å². The van der Waals surface area contributed by atoms with Gasteiger partial charge in [-0.3, -0.25) is 9.69 Å². The van der Waals surface area contributed by atoms with E-state index in [-0.39, 0.29) is 18.0 Å². The Bertz CT molecular complexity index is 359. The first-order chi connectivity index (χ1) is 7.52. The quantitative estimate of drug-likeness (QED) is 0.616. The molecule has 1 aromatic rings. The Hall–Kier alpha value is -0.580. The molecule has 1 aromatic heterocycles. The fourth-order valence-corrected chi connectivity index (χ4v) is 2.57. The van der Waals surface area contributed by atoms with Crippen LogP contribution in [0.4, 0.5) is 5.69 Å². The van der Waals surface area contributed by atoms with Crippen molar-refractivity contribution in [3.8, 4) is 0 Å². The Kier molecular flexibility index (Phi) is 4.77. The number of hydrogen-bond donors (Lipinski definition) is 0. The number of carbonyl (C=O) groups excluding carboxylic acids is 1. The highest BCUT2D eigenvalue weighted by molar-refractivity contribution is 7.10. The predicted molar refractivity (Wildman–Crippen MR) is 68.5 cm³/mol. The van der Waals surface area contributed by atoms with Crippen LogP contribution in [-0.4, -0.2) is 25.1 Å². The van der Waals surface area contributed by atoms with Crippen LogP contribution in [0, 0.1) is 13.8 Å². The molecule has 0 aromatic carbocycles. The molecule has 1 unspecified atom stereocenters. The first-order valence-electron chi connectivity index (χ1n) is 4.98. The van der Waals surface area contributed by atoms with Gasteiger partial charge in [-0.05, 0) is 31.7 Å². The van der Waals surface area contributed by atoms with E-state index in [1.165, 1.54) is 0 Å². The van der Waals surface area contributed by atoms with Gasteiger partial charge in [0, 0.05) is 12.0 Å². The van der Waals surface area contributed by atoms with E-state index in [1.54, 1.807) is 23.3 Å². The van der Waals surface area contributed by atoms with Gasteiger partial charge in [0.2, 0.25) is 5.91 Å². The Morgan fingerprint density at radius 3 is 2.62 bits per heavy atom. The fraction of sp³-hybridized carbons (Fsp3) is 0.545. The van der Waals surface area contributed by atoms with Crippen LogP contribution in [0.2, 0.25) is 0 Å². The fourth-order valence-electron chi connectivity index (χ4n) is 1.60. The average molecular weight is 262 g/mol. The van der Waals surface area contributed by atoms with Gasteiger partial charge in [-0.2, -0.15) is 0 Å². The molecule has 0 saturated carbocycles. The van der Waals surface area contributed by atoms with Gasteiger partial charge in [-0.25, -0.2) is 0 Å². The first-order valence-corrected chi connectivity index (χ1v) is 6.39. The Labute approximate surface area is 105 Å². The number of amides is 1. The largest absolute Gasteiger partial charge is 0.361 e. The molecular formula is C11H16ClNO2S. The molecule has 0 aliphatic rings. The van der Waals surface area contributed by atoms with Crippen LogP contribution in [0.25, 0.3) is 0 Å². The van der Waals surface area contributed by atoms with Crippen LogP contribution in [-0.2, 0) is 9.53 Å². The second-order valence-electron chi connectivity index (χ2n) is 3.56. The maximum atomic E-state index is 11.8. The number of nitrogens with zero attached hydrogens (tertiary/aromatic N) is 1. The molecule has 1 heterocycles. The van der Waals surface area contributed by atoms with Crippen LogP contribution in [0.5, 0.6) is 0 Å². The van der Waals surface area contributed by atoms with Crippen molar-refractivity contribution in [2.75, 3.05) is 17.9 Å². The first kappa shape index (κ1) is 13.5. The van der Waals surface area contributed by atoms with Gasteiger partial charge >= 0.3 is 0 Å². The Morgan fingerprint density at radius 1 is 1.62 bits per heavy atom. The van der Waals surface area contributed by atoms with E-state index in [9.17, 15) is 4.79 Å². The number of hydrogen-bond acceptors (Lipinski definition) is 3. The molecule has 0 radical (unpaired) electrons. The van der Waals surface area contributed by atoms with Gasteiger partial charge in [0.15, 0.2) is 0 Å². The van der Waals surface area contributed by atoms with E-state index in [4.69, 9.17) is 16.3 Å². The Balaban J connectivity index is 3.15. The van der Waals surface area contributed by atoms with Gasteiger partial charge in [-0.15, -0.1) is 22.9 Å². The molecule has 1 rings (SSSR count). The summed E-state index contributed by atoms with van der Waals surface area (Å²) in [7, 11) is 1.58. The minimum absolute atomic E-state index is 0.0393. The van der Waals surface area contributed by atoms with Crippen molar-refractivity contribution in [1.82, 2.24) is 0 Å². The lowest BCUT2D eigenvalue weighted by Crippen LogP contribution is -2.41. The summed E-state index contributed by atoms with van der Waals surface area (Å²) >= 11 is 7.25. The van der Waals surface area contributed by atoms with Crippen LogP contribution in [0.15, 0.2) is 5.38 Å². The second kappa shape index (κ2) is 5.66. The molecule has 0 spiro atoms. The van der Waals surface area contributed by atoms with Crippen molar-refractivity contribution < 1.29 is 9.53 Å². The predicted octanol–water partition coefficient (Wildman–Crippen LogP) is 2.93. The summed E-state index contributed by atoms with van der Waals surface area (Å²) in [6, 6.07) is 0. The lowest BCUT2D eigenvalue weighted by atomic mass is 10.2. The molecule has 90 valence electrons. The minimum Gasteiger partial charge on any atom is -0.361 e. The normalized spacial score (nSPS) is 12.6. The zero-order chi connectivity index (χ0) is 12.3. The molecular weight excluding hydrogens is 246 g/mol. The average Bonchev–Trinajstić information content (AvgIpc) is 2.60. The second-order valence-corrected chi connectivity index (χ2v) is 4.91. The molecule has 0 aliphatic heterocycles. The molecule has 16 heavy (non-hydrogen) atoms. The van der Waals surface area contributed by atoms with Crippen molar-refractivity contribution in [3.05, 3.63) is 15.8 Å². The standard InChI is InChI=1S/C11H16ClNO2S/c1-7-6-16-8(2)11(7)13(9(3)15-4)10(14)5-12/h6,9H,5H2,1-4H3. The molecule has 0 N–H and O–H groups in total. The topological polar surface area (TPSA) is 29.5 Å². The number of anilines is 1. The van der Waals surface area contributed by atoms with Crippen LogP contribution < -0.4 is 4.90 Å². The lowest BCUT2D eigenvalue weighted by Gasteiger charge is -2.28. The highest BCUT2D eigenvalue weighted by Crippen LogP contribution is 2.32. The molecule has 0 saturated heterocycles. The van der Waals surface area contributed by atoms with Crippen molar-refractivity contribution >= 4 is 34.5 Å². The monoisotopic (exact) mass is 261 g/mol. The van der Waals surface area contributed by atoms with Crippen molar-refractivity contribution in [1.29, 1.82) is 0 Å². The zero-order valence-corrected chi connectivity index (χ0v) is 11.5. The zero-order valence-electron chi connectivity index (χ0n) is 9.91. The molecule has 0 aliphatic carbocycles. The van der Waals surface area contributed by atoms with Gasteiger partial charge in [-0.1, -0.05) is 0 Å². The van der Waals surface area contributed by atoms with Gasteiger partial charge in [0.25, 0.3) is 0 Å². The Morgan fingerprint density at radius 2 is 2.25 bits per heavy atom. The maximum Gasteiger partial charge on any atom is 0.244 e. The van der Waals surface area contributed by atoms with Crippen molar-refractivity contribution in [2.45, 2.75) is 27.0 Å². The summed E-state index contributed by atoms with van der Waals surface area (Å²) in [5, 5.41) is 2.03. The summed E-state index contributed by atoms with van der Waals surface area (Å²) in [6.45, 7) is 5.81. The van der Waals surface area contributed by atoms with E-state index in [2.05, 4.69) is 0 Å². The lowest BCUT2D eigenvalue weighted by molar-refractivity contribution is -0.118. The molecule has 3 nitrogen and oxygen atoms in total. The molecule has 1 amide bonds. The summed E-state index contributed by atoms with van der Waals surface area (Å²) in [6.07, 6.45) is -0.307. The summed E-state index contributed by atoms with van der Waals surface area (Å²) in [5.41, 5.74) is 2.00. The maximum absolute atomic E-state index is 11.8. The summed E-state index contributed by atoms with van der Waals surface area (Å²) < 4.78 is 5.22. The van der Waals surface area contributed by atoms with Gasteiger partial charge in [0.1, 0.15) is 12.1 Å². The molecule has 5 heteroatoms. The number of thiophene rings is 1. The number of aryl methyl sites for hydroxylation is 2. The number of rotatable bonds is 4. The van der Waals surface area contributed by atoms with Crippen molar-refractivity contribution in [3.63, 3.8) is 0 Å². The number of carbonyl (C=O) groups is 1. The van der Waals surface area contributed by atoms with E-state index < -0.39 is 0 Å². The van der Waals surface area contributed by atoms with Crippen LogP contribution in [0.1, 0.15) is 17.4 Å². The third kappa shape index (κ3) is 2.56. The van der Waals surface area contributed by atoms with E-state index in [0.717, 1.165) is 16.1 Å². The van der Waals surface area contributed by atoms with Crippen LogP contribution in [0.3, 0.4) is 0 Å². The van der Waals surface area contributed by atoms with E-state index in [1.807, 2.05) is 26.2 Å². The van der Waals surface area contributed by atoms with Gasteiger partial charge in [0.05, 0.1) is 5.69 Å².